The second-order valence-corrected chi connectivity index (χ2v) is 3.78. The van der Waals surface area contributed by atoms with E-state index in [1.807, 2.05) is 6.92 Å². The van der Waals surface area contributed by atoms with Crippen LogP contribution in [0, 0.1) is 11.6 Å². The summed E-state index contributed by atoms with van der Waals surface area (Å²) >= 11 is 0. The fraction of sp³-hybridized carbons (Fsp3) is 0.417. The molecule has 1 aromatic carbocycles. The second-order valence-electron chi connectivity index (χ2n) is 3.78. The van der Waals surface area contributed by atoms with Crippen LogP contribution in [0.1, 0.15) is 17.3 Å². The van der Waals surface area contributed by atoms with Gasteiger partial charge in [-0.1, -0.05) is 0 Å². The molecule has 2 N–H and O–H groups in total. The van der Waals surface area contributed by atoms with E-state index >= 15 is 0 Å². The van der Waals surface area contributed by atoms with Crippen LogP contribution in [-0.2, 0) is 4.74 Å². The van der Waals surface area contributed by atoms with Crippen molar-refractivity contribution in [3.8, 4) is 0 Å². The Bertz CT molecular complexity index is 438. The van der Waals surface area contributed by atoms with Crippen LogP contribution >= 0.6 is 0 Å². The van der Waals surface area contributed by atoms with Crippen LogP contribution in [-0.4, -0.2) is 37.6 Å². The van der Waals surface area contributed by atoms with E-state index in [0.717, 1.165) is 12.1 Å². The Morgan fingerprint density at radius 1 is 1.39 bits per heavy atom. The molecule has 0 aliphatic rings. The van der Waals surface area contributed by atoms with Gasteiger partial charge in [0.05, 0.1) is 12.2 Å². The van der Waals surface area contributed by atoms with Crippen LogP contribution < -0.4 is 5.73 Å². The third-order valence-electron chi connectivity index (χ3n) is 2.44. The highest BCUT2D eigenvalue weighted by molar-refractivity contribution is 5.99. The first-order valence-electron chi connectivity index (χ1n) is 5.55. The molecule has 4 nitrogen and oxygen atoms in total. The minimum Gasteiger partial charge on any atom is -0.398 e. The van der Waals surface area contributed by atoms with Crippen molar-refractivity contribution in [1.29, 1.82) is 0 Å². The maximum atomic E-state index is 13.1. The summed E-state index contributed by atoms with van der Waals surface area (Å²) in [5.41, 5.74) is 5.37. The van der Waals surface area contributed by atoms with Crippen LogP contribution in [0.5, 0.6) is 0 Å². The molecule has 1 rings (SSSR count). The third kappa shape index (κ3) is 3.40. The van der Waals surface area contributed by atoms with Gasteiger partial charge in [-0.25, -0.2) is 8.78 Å². The highest BCUT2D eigenvalue weighted by Gasteiger charge is 2.17. The first-order chi connectivity index (χ1) is 8.47. The van der Waals surface area contributed by atoms with Gasteiger partial charge in [0.2, 0.25) is 0 Å². The Morgan fingerprint density at radius 3 is 2.61 bits per heavy atom. The number of nitrogens with zero attached hydrogens (tertiary/aromatic N) is 1. The Hall–Kier alpha value is -1.69. The summed E-state index contributed by atoms with van der Waals surface area (Å²) < 4.78 is 31.0. The van der Waals surface area contributed by atoms with Crippen LogP contribution in [0.15, 0.2) is 12.1 Å². The number of hydrogen-bond acceptors (Lipinski definition) is 3. The van der Waals surface area contributed by atoms with Crippen LogP contribution in [0.2, 0.25) is 0 Å². The van der Waals surface area contributed by atoms with Gasteiger partial charge in [-0.15, -0.1) is 0 Å². The molecule has 0 fully saturated rings. The molecule has 0 heterocycles. The largest absolute Gasteiger partial charge is 0.398 e. The van der Waals surface area contributed by atoms with Crippen molar-refractivity contribution in [1.82, 2.24) is 4.90 Å². The Balaban J connectivity index is 2.80. The van der Waals surface area contributed by atoms with Crippen molar-refractivity contribution < 1.29 is 18.3 Å². The van der Waals surface area contributed by atoms with Gasteiger partial charge in [0, 0.05) is 32.0 Å². The number of ether oxygens (including phenoxy) is 1. The molecule has 1 aromatic rings. The van der Waals surface area contributed by atoms with E-state index in [1.54, 1.807) is 7.05 Å². The lowest BCUT2D eigenvalue weighted by molar-refractivity contribution is 0.0710. The summed E-state index contributed by atoms with van der Waals surface area (Å²) in [6, 6.07) is 1.61. The zero-order valence-electron chi connectivity index (χ0n) is 10.4. The zero-order chi connectivity index (χ0) is 13.7. The number of halogens is 2. The molecule has 0 bridgehead atoms. The zero-order valence-corrected chi connectivity index (χ0v) is 10.4. The number of likely N-dealkylation sites (N-methyl/N-ethyl adjacent to an activating group) is 1. The van der Waals surface area contributed by atoms with Crippen LogP contribution in [0.3, 0.4) is 0 Å². The van der Waals surface area contributed by atoms with Gasteiger partial charge in [0.25, 0.3) is 5.91 Å². The number of carbonyl (C=O) groups excluding carboxylic acids is 1. The molecule has 0 spiro atoms. The quantitative estimate of drug-likeness (QED) is 0.645. The summed E-state index contributed by atoms with van der Waals surface area (Å²) in [7, 11) is 1.54. The predicted molar refractivity (Wildman–Crippen MR) is 64.2 cm³/mol. The average molecular weight is 258 g/mol. The topological polar surface area (TPSA) is 55.6 Å². The minimum absolute atomic E-state index is 0.0482. The average Bonchev–Trinajstić information content (AvgIpc) is 2.33. The molecule has 0 radical (unpaired) electrons. The number of carbonyl (C=O) groups is 1. The minimum atomic E-state index is -1.09. The predicted octanol–water partition coefficient (Wildman–Crippen LogP) is 1.66. The van der Waals surface area contributed by atoms with E-state index in [1.165, 1.54) is 4.90 Å². The Labute approximate surface area is 104 Å². The van der Waals surface area contributed by atoms with Crippen molar-refractivity contribution in [2.75, 3.05) is 32.5 Å². The highest BCUT2D eigenvalue weighted by Crippen LogP contribution is 2.18. The number of amides is 1. The van der Waals surface area contributed by atoms with E-state index in [0.29, 0.717) is 19.8 Å². The van der Waals surface area contributed by atoms with E-state index in [-0.39, 0.29) is 11.3 Å². The number of rotatable bonds is 5. The molecule has 0 atom stereocenters. The summed E-state index contributed by atoms with van der Waals surface area (Å²) in [6.45, 7) is 3.12. The highest BCUT2D eigenvalue weighted by atomic mass is 19.2. The fourth-order valence-corrected chi connectivity index (χ4v) is 1.40. The van der Waals surface area contributed by atoms with Gasteiger partial charge in [-0.2, -0.15) is 0 Å². The van der Waals surface area contributed by atoms with E-state index in [2.05, 4.69) is 0 Å². The molecule has 0 saturated carbocycles. The molecule has 0 unspecified atom stereocenters. The van der Waals surface area contributed by atoms with Gasteiger partial charge in [-0.05, 0) is 13.0 Å². The first-order valence-corrected chi connectivity index (χ1v) is 5.55. The molecule has 0 aliphatic carbocycles. The van der Waals surface area contributed by atoms with Crippen LogP contribution in [0.4, 0.5) is 14.5 Å². The molecular formula is C12H16F2N2O2. The number of benzene rings is 1. The van der Waals surface area contributed by atoms with E-state index < -0.39 is 17.5 Å². The van der Waals surface area contributed by atoms with Crippen molar-refractivity contribution in [2.45, 2.75) is 6.92 Å². The normalized spacial score (nSPS) is 10.4. The molecular weight excluding hydrogens is 242 g/mol. The van der Waals surface area contributed by atoms with E-state index in [4.69, 9.17) is 10.5 Å². The SMILES string of the molecule is CCOCCN(C)C(=O)c1cc(F)c(F)cc1N. The molecule has 100 valence electrons. The molecule has 1 amide bonds. The Morgan fingerprint density at radius 2 is 2.00 bits per heavy atom. The summed E-state index contributed by atoms with van der Waals surface area (Å²) in [5, 5.41) is 0. The summed E-state index contributed by atoms with van der Waals surface area (Å²) in [4.78, 5) is 13.3. The fourth-order valence-electron chi connectivity index (χ4n) is 1.40. The van der Waals surface area contributed by atoms with Crippen molar-refractivity contribution in [2.24, 2.45) is 0 Å². The maximum Gasteiger partial charge on any atom is 0.255 e. The van der Waals surface area contributed by atoms with Crippen molar-refractivity contribution in [3.05, 3.63) is 29.3 Å². The van der Waals surface area contributed by atoms with Crippen molar-refractivity contribution in [3.63, 3.8) is 0 Å². The summed E-state index contributed by atoms with van der Waals surface area (Å²) in [5.74, 6) is -2.63. The van der Waals surface area contributed by atoms with Gasteiger partial charge < -0.3 is 15.4 Å². The van der Waals surface area contributed by atoms with Gasteiger partial charge in [0.1, 0.15) is 0 Å². The molecule has 0 aliphatic heterocycles. The van der Waals surface area contributed by atoms with Gasteiger partial charge in [-0.3, -0.25) is 4.79 Å². The van der Waals surface area contributed by atoms with Gasteiger partial charge >= 0.3 is 0 Å². The smallest absolute Gasteiger partial charge is 0.255 e. The van der Waals surface area contributed by atoms with Gasteiger partial charge in [0.15, 0.2) is 11.6 Å². The maximum absolute atomic E-state index is 13.1. The molecule has 0 aromatic heterocycles. The van der Waals surface area contributed by atoms with E-state index in [9.17, 15) is 13.6 Å². The summed E-state index contributed by atoms with van der Waals surface area (Å²) in [6.07, 6.45) is 0. The van der Waals surface area contributed by atoms with Crippen LogP contribution in [0.25, 0.3) is 0 Å². The Kier molecular flexibility index (Phi) is 5.03. The number of anilines is 1. The third-order valence-corrected chi connectivity index (χ3v) is 2.44. The molecule has 0 saturated heterocycles. The standard InChI is InChI=1S/C12H16F2N2O2/c1-3-18-5-4-16(2)12(17)8-6-9(13)10(14)7-11(8)15/h6-7H,3-5,15H2,1-2H3. The van der Waals surface area contributed by atoms with Crippen molar-refractivity contribution >= 4 is 11.6 Å². The lowest BCUT2D eigenvalue weighted by Gasteiger charge is -2.18. The second kappa shape index (κ2) is 6.30. The number of hydrogen-bond donors (Lipinski definition) is 1. The number of nitrogen functional groups attached to an aromatic ring is 1. The number of nitrogens with two attached hydrogens (primary N) is 1. The monoisotopic (exact) mass is 258 g/mol. The first kappa shape index (κ1) is 14.4. The molecule has 6 heteroatoms. The lowest BCUT2D eigenvalue weighted by atomic mass is 10.1. The molecule has 18 heavy (non-hydrogen) atoms. The lowest BCUT2D eigenvalue weighted by Crippen LogP contribution is -2.31.